The minimum atomic E-state index is -1.94. The molecule has 0 atom stereocenters. The third-order valence-corrected chi connectivity index (χ3v) is 11.2. The Kier molecular flexibility index (Phi) is 11.3. The number of benzene rings is 4. The predicted molar refractivity (Wildman–Crippen MR) is 163 cm³/mol. The molecule has 39 heavy (non-hydrogen) atoms. The normalized spacial score (nSPS) is 11.4. The van der Waals surface area contributed by atoms with E-state index in [9.17, 15) is 4.79 Å². The molecule has 204 valence electrons. The van der Waals surface area contributed by atoms with Gasteiger partial charge in [0, 0.05) is 13.1 Å². The van der Waals surface area contributed by atoms with E-state index >= 15 is 0 Å². The Labute approximate surface area is 245 Å². The molecule has 4 rings (SSSR count). The molecular weight excluding hydrogens is 565 g/mol. The lowest BCUT2D eigenvalue weighted by Crippen LogP contribution is -3.00. The van der Waals surface area contributed by atoms with Crippen molar-refractivity contribution in [3.63, 3.8) is 0 Å². The topological polar surface area (TPSA) is 29.5 Å². The Bertz CT molecular complexity index is 1170. The molecule has 1 amide bonds. The van der Waals surface area contributed by atoms with Crippen LogP contribution in [0.5, 0.6) is 0 Å². The van der Waals surface area contributed by atoms with Crippen molar-refractivity contribution in [1.82, 2.24) is 4.90 Å². The first kappa shape index (κ1) is 30.6. The van der Waals surface area contributed by atoms with E-state index in [-0.39, 0.29) is 23.1 Å². The van der Waals surface area contributed by atoms with Crippen molar-refractivity contribution in [3.05, 3.63) is 127 Å². The van der Waals surface area contributed by atoms with Gasteiger partial charge in [0.2, 0.25) is 0 Å². The number of hydrogen-bond acceptors (Lipinski definition) is 2. The van der Waals surface area contributed by atoms with Gasteiger partial charge in [0.25, 0.3) is 0 Å². The number of ether oxygens (including phenoxy) is 1. The van der Waals surface area contributed by atoms with Crippen LogP contribution >= 0.6 is 7.26 Å². The monoisotopic (exact) mass is 603 g/mol. The molecule has 4 aromatic carbocycles. The smallest absolute Gasteiger partial charge is 0.410 e. The van der Waals surface area contributed by atoms with Crippen molar-refractivity contribution in [1.29, 1.82) is 0 Å². The lowest BCUT2D eigenvalue weighted by Gasteiger charge is -2.30. The van der Waals surface area contributed by atoms with E-state index in [1.54, 1.807) is 0 Å². The van der Waals surface area contributed by atoms with Crippen molar-refractivity contribution in [2.75, 3.05) is 19.3 Å². The number of rotatable bonds is 10. The van der Waals surface area contributed by atoms with Crippen LogP contribution in [0.1, 0.15) is 32.8 Å². The Morgan fingerprint density at radius 1 is 0.667 bits per heavy atom. The van der Waals surface area contributed by atoms with Gasteiger partial charge in [-0.15, -0.1) is 0 Å². The van der Waals surface area contributed by atoms with Crippen LogP contribution in [0.4, 0.5) is 4.79 Å². The zero-order valence-corrected chi connectivity index (χ0v) is 25.7. The highest BCUT2D eigenvalue weighted by Gasteiger charge is 2.44. The highest BCUT2D eigenvalue weighted by Crippen LogP contribution is 2.55. The fourth-order valence-electron chi connectivity index (χ4n) is 4.91. The number of carbonyl (C=O) groups excluding carboxylic acids is 1. The van der Waals surface area contributed by atoms with Crippen LogP contribution < -0.4 is 32.9 Å². The molecule has 0 saturated carbocycles. The molecular formula is C34H39BrNO2P. The van der Waals surface area contributed by atoms with Crippen LogP contribution in [0.3, 0.4) is 0 Å². The summed E-state index contributed by atoms with van der Waals surface area (Å²) < 4.78 is 5.82. The summed E-state index contributed by atoms with van der Waals surface area (Å²) in [7, 11) is -1.94. The maximum absolute atomic E-state index is 13.3. The Balaban J connectivity index is 0.00000420. The second kappa shape index (κ2) is 14.4. The zero-order chi connectivity index (χ0) is 26.8. The molecule has 0 radical (unpaired) electrons. The van der Waals surface area contributed by atoms with Crippen LogP contribution in [0, 0.1) is 0 Å². The number of carbonyl (C=O) groups is 1. The van der Waals surface area contributed by atoms with Crippen molar-refractivity contribution < 1.29 is 26.5 Å². The van der Waals surface area contributed by atoms with E-state index in [0.29, 0.717) is 13.1 Å². The molecule has 3 nitrogen and oxygen atoms in total. The van der Waals surface area contributed by atoms with Crippen LogP contribution in [-0.4, -0.2) is 35.8 Å². The van der Waals surface area contributed by atoms with Gasteiger partial charge in [0.05, 0.1) is 6.16 Å². The van der Waals surface area contributed by atoms with Crippen molar-refractivity contribution in [2.24, 2.45) is 0 Å². The Hall–Kier alpha value is -2.94. The Morgan fingerprint density at radius 2 is 1.08 bits per heavy atom. The highest BCUT2D eigenvalue weighted by atomic mass is 79.9. The van der Waals surface area contributed by atoms with E-state index in [0.717, 1.165) is 19.0 Å². The molecule has 0 N–H and O–H groups in total. The quantitative estimate of drug-likeness (QED) is 0.258. The van der Waals surface area contributed by atoms with Gasteiger partial charge in [0.1, 0.15) is 28.8 Å². The molecule has 0 unspecified atom stereocenters. The van der Waals surface area contributed by atoms with Crippen LogP contribution in [0.15, 0.2) is 121 Å². The lowest BCUT2D eigenvalue weighted by atomic mass is 10.1. The van der Waals surface area contributed by atoms with Crippen LogP contribution in [-0.2, 0) is 11.2 Å². The second-order valence-corrected chi connectivity index (χ2v) is 14.2. The van der Waals surface area contributed by atoms with Gasteiger partial charge >= 0.3 is 6.09 Å². The van der Waals surface area contributed by atoms with E-state index in [4.69, 9.17) is 4.74 Å². The lowest BCUT2D eigenvalue weighted by molar-refractivity contribution is -0.0000493. The Morgan fingerprint density at radius 3 is 1.49 bits per heavy atom. The molecule has 0 aliphatic carbocycles. The minimum absolute atomic E-state index is 0. The first-order chi connectivity index (χ1) is 18.4. The fraction of sp³-hybridized carbons (Fsp3) is 0.265. The van der Waals surface area contributed by atoms with E-state index in [2.05, 4.69) is 103 Å². The van der Waals surface area contributed by atoms with Gasteiger partial charge in [-0.1, -0.05) is 84.9 Å². The van der Waals surface area contributed by atoms with Gasteiger partial charge in [-0.25, -0.2) is 4.79 Å². The molecule has 0 saturated heterocycles. The van der Waals surface area contributed by atoms with Gasteiger partial charge in [-0.2, -0.15) is 0 Å². The highest BCUT2D eigenvalue weighted by molar-refractivity contribution is 7.95. The minimum Gasteiger partial charge on any atom is -1.00 e. The first-order valence-corrected chi connectivity index (χ1v) is 15.4. The summed E-state index contributed by atoms with van der Waals surface area (Å²) in [6.45, 7) is 7.06. The molecule has 0 aliphatic rings. The van der Waals surface area contributed by atoms with Crippen molar-refractivity contribution in [3.8, 4) is 0 Å². The van der Waals surface area contributed by atoms with Crippen molar-refractivity contribution >= 4 is 29.3 Å². The molecule has 0 bridgehead atoms. The number of amides is 1. The summed E-state index contributed by atoms with van der Waals surface area (Å²) in [5, 5.41) is 4.10. The maximum Gasteiger partial charge on any atom is 0.410 e. The van der Waals surface area contributed by atoms with Gasteiger partial charge in [0.15, 0.2) is 0 Å². The maximum atomic E-state index is 13.3. The summed E-state index contributed by atoms with van der Waals surface area (Å²) >= 11 is 0. The molecule has 0 fully saturated rings. The fourth-order valence-corrected chi connectivity index (χ4v) is 9.24. The average Bonchev–Trinajstić information content (AvgIpc) is 2.94. The van der Waals surface area contributed by atoms with Gasteiger partial charge in [-0.3, -0.25) is 0 Å². The largest absolute Gasteiger partial charge is 1.00 e. The number of hydrogen-bond donors (Lipinski definition) is 0. The number of nitrogens with zero attached hydrogens (tertiary/aromatic N) is 1. The first-order valence-electron chi connectivity index (χ1n) is 13.5. The number of halogens is 1. The van der Waals surface area contributed by atoms with Crippen LogP contribution in [0.2, 0.25) is 0 Å². The molecule has 4 aromatic rings. The third kappa shape index (κ3) is 8.27. The standard InChI is InChI=1S/C34H39NO2P.BrH/c1-34(2,3)37-33(36)35(27-25-29-17-8-4-9-18-29)26-16-28-38(30-19-10-5-11-20-30,31-21-12-6-13-22-31)32-23-14-7-15-24-32;/h4-15,17-24H,16,25-28H2,1-3H3;1H/q+1;/p-1. The molecule has 5 heteroatoms. The summed E-state index contributed by atoms with van der Waals surface area (Å²) in [5.74, 6) is 0. The molecule has 0 aliphatic heterocycles. The second-order valence-electron chi connectivity index (χ2n) is 10.6. The third-order valence-electron chi connectivity index (χ3n) is 6.68. The molecule has 0 heterocycles. The van der Waals surface area contributed by atoms with E-state index in [1.807, 2.05) is 43.9 Å². The van der Waals surface area contributed by atoms with E-state index < -0.39 is 12.9 Å². The van der Waals surface area contributed by atoms with Gasteiger partial charge in [-0.05, 0) is 75.6 Å². The summed E-state index contributed by atoms with van der Waals surface area (Å²) in [4.78, 5) is 15.2. The molecule has 0 aromatic heterocycles. The van der Waals surface area contributed by atoms with E-state index in [1.165, 1.54) is 21.5 Å². The zero-order valence-electron chi connectivity index (χ0n) is 23.2. The molecule has 0 spiro atoms. The predicted octanol–water partition coefficient (Wildman–Crippen LogP) is 3.85. The summed E-state index contributed by atoms with van der Waals surface area (Å²) in [6.07, 6.45) is 2.41. The summed E-state index contributed by atoms with van der Waals surface area (Å²) in [5.41, 5.74) is 0.692. The van der Waals surface area contributed by atoms with Gasteiger partial charge < -0.3 is 26.6 Å². The SMILES string of the molecule is CC(C)(C)OC(=O)N(CCC[P+](c1ccccc1)(c1ccccc1)c1ccccc1)CCc1ccccc1.[Br-]. The van der Waals surface area contributed by atoms with Crippen LogP contribution in [0.25, 0.3) is 0 Å². The average molecular weight is 605 g/mol. The van der Waals surface area contributed by atoms with Crippen molar-refractivity contribution in [2.45, 2.75) is 39.2 Å². The summed E-state index contributed by atoms with van der Waals surface area (Å²) in [6, 6.07) is 43.1.